The van der Waals surface area contributed by atoms with Crippen molar-refractivity contribution in [1.82, 2.24) is 10.2 Å². The number of anilines is 1. The van der Waals surface area contributed by atoms with Crippen LogP contribution in [0.3, 0.4) is 0 Å². The van der Waals surface area contributed by atoms with Gasteiger partial charge in [0.15, 0.2) is 5.11 Å². The molecule has 0 fully saturated rings. The van der Waals surface area contributed by atoms with Crippen LogP contribution in [0.25, 0.3) is 0 Å². The van der Waals surface area contributed by atoms with Crippen LogP contribution in [-0.4, -0.2) is 29.0 Å². The first-order valence-electron chi connectivity index (χ1n) is 10.1. The molecule has 0 saturated carbocycles. The third-order valence-corrected chi connectivity index (χ3v) is 5.09. The molecule has 0 spiro atoms. The Bertz CT molecular complexity index is 984. The number of carbonyl (C=O) groups excluding carboxylic acids is 1. The summed E-state index contributed by atoms with van der Waals surface area (Å²) < 4.78 is 78.7. The van der Waals surface area contributed by atoms with E-state index in [0.29, 0.717) is 18.7 Å². The number of halogens is 6. The summed E-state index contributed by atoms with van der Waals surface area (Å²) in [5.74, 6) is -0.347. The smallest absolute Gasteiger partial charge is 0.350 e. The van der Waals surface area contributed by atoms with E-state index >= 15 is 0 Å². The zero-order chi connectivity index (χ0) is 25.9. The quantitative estimate of drug-likeness (QED) is 0.382. The topological polar surface area (TPSA) is 44.4 Å². The number of carbonyl (C=O) groups is 1. The van der Waals surface area contributed by atoms with Crippen molar-refractivity contribution >= 4 is 28.9 Å². The minimum atomic E-state index is -4.99. The maximum absolute atomic E-state index is 13.1. The van der Waals surface area contributed by atoms with Crippen molar-refractivity contribution in [2.24, 2.45) is 5.41 Å². The molecule has 1 atom stereocenters. The fourth-order valence-corrected chi connectivity index (χ4v) is 3.37. The molecule has 2 N–H and O–H groups in total. The molecule has 1 amide bonds. The highest BCUT2D eigenvalue weighted by Crippen LogP contribution is 2.37. The standard InChI is InChI=1S/C23H25F6N3OS/c1-21(2,3)18(19(33)32(4)13-14-8-6-5-7-9-14)31-20(34)30-17-11-15(22(24,25)26)10-16(12-17)23(27,28)29/h5-12,18H,13H2,1-4H3,(H2,30,31,34). The average Bonchev–Trinajstić information content (AvgIpc) is 2.70. The van der Waals surface area contributed by atoms with Gasteiger partial charge in [-0.3, -0.25) is 4.79 Å². The van der Waals surface area contributed by atoms with Gasteiger partial charge in [-0.1, -0.05) is 51.1 Å². The van der Waals surface area contributed by atoms with Gasteiger partial charge in [-0.2, -0.15) is 26.3 Å². The summed E-state index contributed by atoms with van der Waals surface area (Å²) in [6, 6.07) is 9.37. The Labute approximate surface area is 199 Å². The molecule has 0 saturated heterocycles. The number of benzene rings is 2. The SMILES string of the molecule is CN(Cc1ccccc1)C(=O)C(NC(=S)Nc1cc(C(F)(F)F)cc(C(F)(F)F)c1)C(C)(C)C. The highest BCUT2D eigenvalue weighted by atomic mass is 32.1. The molecule has 2 aromatic rings. The number of alkyl halides is 6. The second-order valence-electron chi connectivity index (χ2n) is 8.87. The fraction of sp³-hybridized carbons (Fsp3) is 0.391. The van der Waals surface area contributed by atoms with E-state index < -0.39 is 40.6 Å². The first-order valence-corrected chi connectivity index (χ1v) is 10.5. The van der Waals surface area contributed by atoms with Crippen molar-refractivity contribution in [1.29, 1.82) is 0 Å². The molecule has 0 aliphatic heterocycles. The van der Waals surface area contributed by atoms with Gasteiger partial charge < -0.3 is 15.5 Å². The molecule has 0 bridgehead atoms. The van der Waals surface area contributed by atoms with Crippen LogP contribution in [0.1, 0.15) is 37.5 Å². The van der Waals surface area contributed by atoms with Crippen LogP contribution in [0, 0.1) is 5.41 Å². The molecule has 186 valence electrons. The summed E-state index contributed by atoms with van der Waals surface area (Å²) in [5.41, 5.74) is -3.25. The van der Waals surface area contributed by atoms with Gasteiger partial charge in [0.1, 0.15) is 6.04 Å². The van der Waals surface area contributed by atoms with Gasteiger partial charge >= 0.3 is 12.4 Å². The highest BCUT2D eigenvalue weighted by molar-refractivity contribution is 7.80. The van der Waals surface area contributed by atoms with E-state index in [1.54, 1.807) is 27.8 Å². The van der Waals surface area contributed by atoms with E-state index in [2.05, 4.69) is 10.6 Å². The molecule has 0 heterocycles. The Kier molecular flexibility index (Phi) is 8.23. The number of hydrogen-bond acceptors (Lipinski definition) is 2. The van der Waals surface area contributed by atoms with Gasteiger partial charge in [-0.15, -0.1) is 0 Å². The summed E-state index contributed by atoms with van der Waals surface area (Å²) in [4.78, 5) is 14.6. The minimum Gasteiger partial charge on any atom is -0.350 e. The van der Waals surface area contributed by atoms with E-state index in [4.69, 9.17) is 12.2 Å². The number of amides is 1. The van der Waals surface area contributed by atoms with Crippen LogP contribution < -0.4 is 10.6 Å². The van der Waals surface area contributed by atoms with E-state index in [1.807, 2.05) is 30.3 Å². The lowest BCUT2D eigenvalue weighted by Gasteiger charge is -2.34. The summed E-state index contributed by atoms with van der Waals surface area (Å²) in [5, 5.41) is 4.83. The Balaban J connectivity index is 2.24. The van der Waals surface area contributed by atoms with Gasteiger partial charge in [-0.05, 0) is 41.4 Å². The van der Waals surface area contributed by atoms with E-state index in [1.165, 1.54) is 4.90 Å². The predicted molar refractivity (Wildman–Crippen MR) is 122 cm³/mol. The molecule has 4 nitrogen and oxygen atoms in total. The molecule has 11 heteroatoms. The van der Waals surface area contributed by atoms with Crippen LogP contribution in [0.5, 0.6) is 0 Å². The van der Waals surface area contributed by atoms with Crippen molar-refractivity contribution in [3.63, 3.8) is 0 Å². The highest BCUT2D eigenvalue weighted by Gasteiger charge is 2.37. The van der Waals surface area contributed by atoms with Crippen LogP contribution in [0.4, 0.5) is 32.0 Å². The molecule has 0 aromatic heterocycles. The van der Waals surface area contributed by atoms with Gasteiger partial charge in [-0.25, -0.2) is 0 Å². The van der Waals surface area contributed by atoms with Gasteiger partial charge in [0.05, 0.1) is 11.1 Å². The molecule has 1 unspecified atom stereocenters. The average molecular weight is 506 g/mol. The first-order chi connectivity index (χ1) is 15.5. The zero-order valence-electron chi connectivity index (χ0n) is 18.9. The second kappa shape index (κ2) is 10.2. The first kappa shape index (κ1) is 27.4. The molecule has 34 heavy (non-hydrogen) atoms. The van der Waals surface area contributed by atoms with Crippen molar-refractivity contribution in [3.8, 4) is 0 Å². The number of likely N-dealkylation sites (N-methyl/N-ethyl adjacent to an activating group) is 1. The van der Waals surface area contributed by atoms with E-state index in [9.17, 15) is 31.1 Å². The third-order valence-electron chi connectivity index (χ3n) is 4.87. The largest absolute Gasteiger partial charge is 0.416 e. The second-order valence-corrected chi connectivity index (χ2v) is 9.28. The van der Waals surface area contributed by atoms with Crippen molar-refractivity contribution in [2.45, 2.75) is 45.7 Å². The third kappa shape index (κ3) is 7.61. The summed E-state index contributed by atoms with van der Waals surface area (Å²) >= 11 is 5.13. The normalized spacial score (nSPS) is 13.2. The lowest BCUT2D eigenvalue weighted by molar-refractivity contribution is -0.143. The zero-order valence-corrected chi connectivity index (χ0v) is 19.8. The molecular formula is C23H25F6N3OS. The van der Waals surface area contributed by atoms with E-state index in [-0.39, 0.29) is 17.1 Å². The monoisotopic (exact) mass is 505 g/mol. The number of rotatable bonds is 5. The number of thiocarbonyl (C=S) groups is 1. The Morgan fingerprint density at radius 3 is 1.88 bits per heavy atom. The maximum Gasteiger partial charge on any atom is 0.416 e. The minimum absolute atomic E-state index is 0.0294. The number of hydrogen-bond donors (Lipinski definition) is 2. The number of nitrogens with one attached hydrogen (secondary N) is 2. The predicted octanol–water partition coefficient (Wildman–Crippen LogP) is 6.08. The van der Waals surface area contributed by atoms with Crippen molar-refractivity contribution in [3.05, 3.63) is 65.2 Å². The molecule has 2 aromatic carbocycles. The lowest BCUT2D eigenvalue weighted by Crippen LogP contribution is -2.54. The van der Waals surface area contributed by atoms with E-state index in [0.717, 1.165) is 5.56 Å². The van der Waals surface area contributed by atoms with Crippen LogP contribution in [0.2, 0.25) is 0 Å². The number of nitrogens with zero attached hydrogens (tertiary/aromatic N) is 1. The maximum atomic E-state index is 13.1. The van der Waals surface area contributed by atoms with Gasteiger partial charge in [0.25, 0.3) is 0 Å². The Hall–Kier alpha value is -2.82. The van der Waals surface area contributed by atoms with Crippen LogP contribution >= 0.6 is 12.2 Å². The summed E-state index contributed by atoms with van der Waals surface area (Å²) in [6.45, 7) is 5.57. The molecular weight excluding hydrogens is 480 g/mol. The fourth-order valence-electron chi connectivity index (χ4n) is 3.13. The van der Waals surface area contributed by atoms with Gasteiger partial charge in [0.2, 0.25) is 5.91 Å². The Morgan fingerprint density at radius 1 is 0.941 bits per heavy atom. The molecule has 2 rings (SSSR count). The van der Waals surface area contributed by atoms with Crippen molar-refractivity contribution in [2.75, 3.05) is 12.4 Å². The molecule has 0 radical (unpaired) electrons. The van der Waals surface area contributed by atoms with Crippen molar-refractivity contribution < 1.29 is 31.1 Å². The molecule has 0 aliphatic rings. The summed E-state index contributed by atoms with van der Waals surface area (Å²) in [7, 11) is 1.59. The van der Waals surface area contributed by atoms with Crippen LogP contribution in [0.15, 0.2) is 48.5 Å². The Morgan fingerprint density at radius 2 is 1.44 bits per heavy atom. The van der Waals surface area contributed by atoms with Gasteiger partial charge in [0, 0.05) is 19.3 Å². The van der Waals surface area contributed by atoms with Crippen LogP contribution in [-0.2, 0) is 23.7 Å². The lowest BCUT2D eigenvalue weighted by atomic mass is 9.86. The molecule has 0 aliphatic carbocycles. The summed E-state index contributed by atoms with van der Waals surface area (Å²) in [6.07, 6.45) is -9.98.